The fourth-order valence-corrected chi connectivity index (χ4v) is 1.07. The summed E-state index contributed by atoms with van der Waals surface area (Å²) in [7, 11) is 0. The van der Waals surface area contributed by atoms with Crippen LogP contribution in [0.3, 0.4) is 0 Å². The minimum absolute atomic E-state index is 0.322. The standard InChI is InChI=1S/C8H8F2N2O2/c9-5-1-2-8(12(13)14)6(3-5)7(10)4-11/h1-3,7H,4,11H2. The summed E-state index contributed by atoms with van der Waals surface area (Å²) < 4.78 is 25.7. The number of nitro groups is 1. The van der Waals surface area contributed by atoms with Gasteiger partial charge >= 0.3 is 0 Å². The lowest BCUT2D eigenvalue weighted by Gasteiger charge is -2.05. The summed E-state index contributed by atoms with van der Waals surface area (Å²) in [5.41, 5.74) is 4.23. The van der Waals surface area contributed by atoms with Gasteiger partial charge in [0.2, 0.25) is 0 Å². The van der Waals surface area contributed by atoms with Gasteiger partial charge < -0.3 is 5.73 Å². The Morgan fingerprint density at radius 2 is 2.21 bits per heavy atom. The third kappa shape index (κ3) is 2.02. The molecule has 0 fully saturated rings. The van der Waals surface area contributed by atoms with Gasteiger partial charge in [-0.3, -0.25) is 10.1 Å². The van der Waals surface area contributed by atoms with Crippen LogP contribution < -0.4 is 5.73 Å². The molecule has 0 aliphatic heterocycles. The van der Waals surface area contributed by atoms with Crippen LogP contribution in [0.5, 0.6) is 0 Å². The summed E-state index contributed by atoms with van der Waals surface area (Å²) in [5.74, 6) is -0.721. The Morgan fingerprint density at radius 1 is 1.57 bits per heavy atom. The number of nitrogens with two attached hydrogens (primary N) is 1. The summed E-state index contributed by atoms with van der Waals surface area (Å²) in [6, 6.07) is 2.62. The van der Waals surface area contributed by atoms with E-state index >= 15 is 0 Å². The lowest BCUT2D eigenvalue weighted by atomic mass is 10.1. The number of hydrogen-bond donors (Lipinski definition) is 1. The molecule has 0 spiro atoms. The van der Waals surface area contributed by atoms with Gasteiger partial charge in [-0.05, 0) is 12.1 Å². The highest BCUT2D eigenvalue weighted by Gasteiger charge is 2.21. The molecule has 0 radical (unpaired) electrons. The van der Waals surface area contributed by atoms with E-state index in [2.05, 4.69) is 0 Å². The molecule has 1 unspecified atom stereocenters. The summed E-state index contributed by atoms with van der Waals surface area (Å²) in [5, 5.41) is 10.4. The molecule has 0 aliphatic carbocycles. The summed E-state index contributed by atoms with van der Waals surface area (Å²) >= 11 is 0. The minimum Gasteiger partial charge on any atom is -0.327 e. The molecule has 0 aliphatic rings. The fraction of sp³-hybridized carbons (Fsp3) is 0.250. The second-order valence-corrected chi connectivity index (χ2v) is 2.66. The predicted molar refractivity (Wildman–Crippen MR) is 46.0 cm³/mol. The van der Waals surface area contributed by atoms with Crippen LogP contribution in [0.4, 0.5) is 14.5 Å². The zero-order valence-corrected chi connectivity index (χ0v) is 7.11. The van der Waals surface area contributed by atoms with Crippen molar-refractivity contribution in [1.29, 1.82) is 0 Å². The first-order valence-corrected chi connectivity index (χ1v) is 3.84. The molecule has 0 bridgehead atoms. The van der Waals surface area contributed by atoms with Gasteiger partial charge in [-0.2, -0.15) is 0 Å². The van der Waals surface area contributed by atoms with Crippen LogP contribution in [-0.2, 0) is 0 Å². The zero-order valence-electron chi connectivity index (χ0n) is 7.11. The third-order valence-corrected chi connectivity index (χ3v) is 1.73. The van der Waals surface area contributed by atoms with E-state index in [1.807, 2.05) is 0 Å². The minimum atomic E-state index is -1.72. The maximum absolute atomic E-state index is 13.1. The third-order valence-electron chi connectivity index (χ3n) is 1.73. The van der Waals surface area contributed by atoms with Crippen molar-refractivity contribution in [2.45, 2.75) is 6.17 Å². The van der Waals surface area contributed by atoms with Crippen molar-refractivity contribution >= 4 is 5.69 Å². The normalized spacial score (nSPS) is 12.5. The maximum atomic E-state index is 13.1. The second kappa shape index (κ2) is 4.10. The highest BCUT2D eigenvalue weighted by molar-refractivity contribution is 5.42. The van der Waals surface area contributed by atoms with E-state index in [9.17, 15) is 18.9 Å². The number of rotatable bonds is 3. The Bertz CT molecular complexity index is 357. The van der Waals surface area contributed by atoms with Crippen LogP contribution in [0.2, 0.25) is 0 Å². The smallest absolute Gasteiger partial charge is 0.275 e. The van der Waals surface area contributed by atoms with Gasteiger partial charge in [0, 0.05) is 12.6 Å². The number of nitrogens with zero attached hydrogens (tertiary/aromatic N) is 1. The summed E-state index contributed by atoms with van der Waals surface area (Å²) in [4.78, 5) is 9.66. The van der Waals surface area contributed by atoms with E-state index in [1.165, 1.54) is 0 Å². The predicted octanol–water partition coefficient (Wildman–Crippen LogP) is 1.70. The van der Waals surface area contributed by atoms with Crippen LogP contribution >= 0.6 is 0 Å². The fourth-order valence-electron chi connectivity index (χ4n) is 1.07. The van der Waals surface area contributed by atoms with E-state index in [1.54, 1.807) is 0 Å². The number of halogens is 2. The highest BCUT2D eigenvalue weighted by atomic mass is 19.1. The van der Waals surface area contributed by atoms with Crippen LogP contribution in [0.1, 0.15) is 11.7 Å². The average molecular weight is 202 g/mol. The molecular weight excluding hydrogens is 194 g/mol. The monoisotopic (exact) mass is 202 g/mol. The molecule has 0 saturated heterocycles. The molecule has 14 heavy (non-hydrogen) atoms. The zero-order chi connectivity index (χ0) is 10.7. The Morgan fingerprint density at radius 3 is 2.71 bits per heavy atom. The molecule has 1 aromatic carbocycles. The number of benzene rings is 1. The summed E-state index contributed by atoms with van der Waals surface area (Å²) in [6.07, 6.45) is -1.72. The average Bonchev–Trinajstić information content (AvgIpc) is 2.16. The van der Waals surface area contributed by atoms with E-state index in [4.69, 9.17) is 5.73 Å². The molecule has 76 valence electrons. The largest absolute Gasteiger partial charge is 0.327 e. The SMILES string of the molecule is NCC(F)c1cc(F)ccc1[N+](=O)[O-]. The molecule has 0 saturated carbocycles. The molecule has 0 aromatic heterocycles. The van der Waals surface area contributed by atoms with Crippen molar-refractivity contribution in [3.05, 3.63) is 39.7 Å². The highest BCUT2D eigenvalue weighted by Crippen LogP contribution is 2.27. The van der Waals surface area contributed by atoms with Crippen molar-refractivity contribution in [2.24, 2.45) is 5.73 Å². The molecule has 1 atom stereocenters. The molecular formula is C8H8F2N2O2. The first kappa shape index (κ1) is 10.5. The number of hydrogen-bond acceptors (Lipinski definition) is 3. The van der Waals surface area contributed by atoms with E-state index in [0.29, 0.717) is 0 Å². The van der Waals surface area contributed by atoms with Gasteiger partial charge in [0.25, 0.3) is 5.69 Å². The first-order valence-electron chi connectivity index (χ1n) is 3.84. The lowest BCUT2D eigenvalue weighted by molar-refractivity contribution is -0.386. The molecule has 1 aromatic rings. The van der Waals surface area contributed by atoms with E-state index < -0.39 is 29.1 Å². The number of nitro benzene ring substituents is 1. The Hall–Kier alpha value is -1.56. The molecule has 0 heterocycles. The Balaban J connectivity index is 3.22. The van der Waals surface area contributed by atoms with Gasteiger partial charge in [0.1, 0.15) is 12.0 Å². The molecule has 4 nitrogen and oxygen atoms in total. The van der Waals surface area contributed by atoms with Gasteiger partial charge in [-0.25, -0.2) is 8.78 Å². The van der Waals surface area contributed by atoms with Gasteiger partial charge in [-0.15, -0.1) is 0 Å². The van der Waals surface area contributed by atoms with Gasteiger partial charge in [-0.1, -0.05) is 0 Å². The van der Waals surface area contributed by atoms with E-state index in [-0.39, 0.29) is 5.56 Å². The van der Waals surface area contributed by atoms with Crippen molar-refractivity contribution < 1.29 is 13.7 Å². The van der Waals surface area contributed by atoms with Crippen molar-refractivity contribution in [2.75, 3.05) is 6.54 Å². The Labute approximate surface area is 78.5 Å². The first-order chi connectivity index (χ1) is 6.56. The van der Waals surface area contributed by atoms with E-state index in [0.717, 1.165) is 18.2 Å². The van der Waals surface area contributed by atoms with Gasteiger partial charge in [0.05, 0.1) is 10.5 Å². The van der Waals surface area contributed by atoms with Gasteiger partial charge in [0.15, 0.2) is 0 Å². The second-order valence-electron chi connectivity index (χ2n) is 2.66. The van der Waals surface area contributed by atoms with Crippen molar-refractivity contribution in [3.8, 4) is 0 Å². The Kier molecular flexibility index (Phi) is 3.08. The quantitative estimate of drug-likeness (QED) is 0.599. The molecule has 6 heteroatoms. The van der Waals surface area contributed by atoms with Crippen LogP contribution in [-0.4, -0.2) is 11.5 Å². The lowest BCUT2D eigenvalue weighted by Crippen LogP contribution is -2.10. The maximum Gasteiger partial charge on any atom is 0.275 e. The molecule has 0 amide bonds. The molecule has 1 rings (SSSR count). The van der Waals surface area contributed by atoms with Crippen LogP contribution in [0, 0.1) is 15.9 Å². The summed E-state index contributed by atoms with van der Waals surface area (Å²) in [6.45, 7) is -0.412. The number of alkyl halides is 1. The van der Waals surface area contributed by atoms with Crippen molar-refractivity contribution in [3.63, 3.8) is 0 Å². The molecule has 2 N–H and O–H groups in total. The topological polar surface area (TPSA) is 69.2 Å². The van der Waals surface area contributed by atoms with Crippen molar-refractivity contribution in [1.82, 2.24) is 0 Å². The van der Waals surface area contributed by atoms with Crippen LogP contribution in [0.25, 0.3) is 0 Å². The van der Waals surface area contributed by atoms with Crippen LogP contribution in [0.15, 0.2) is 18.2 Å².